The number of nitrogens with zero attached hydrogens (tertiary/aromatic N) is 1. The second-order valence-electron chi connectivity index (χ2n) is 5.66. The van der Waals surface area contributed by atoms with E-state index in [4.69, 9.17) is 4.74 Å². The maximum absolute atomic E-state index is 11.9. The van der Waals surface area contributed by atoms with Crippen molar-refractivity contribution in [2.24, 2.45) is 5.92 Å². The summed E-state index contributed by atoms with van der Waals surface area (Å²) in [5.74, 6) is -0.0722. The summed E-state index contributed by atoms with van der Waals surface area (Å²) in [5, 5.41) is 2.81. The van der Waals surface area contributed by atoms with Gasteiger partial charge in [-0.3, -0.25) is 4.79 Å². The summed E-state index contributed by atoms with van der Waals surface area (Å²) in [4.78, 5) is 25.3. The van der Waals surface area contributed by atoms with Crippen molar-refractivity contribution in [3.8, 4) is 0 Å². The lowest BCUT2D eigenvalue weighted by Crippen LogP contribution is -2.47. The number of ether oxygens (including phenoxy) is 1. The van der Waals surface area contributed by atoms with Crippen molar-refractivity contribution in [1.29, 1.82) is 0 Å². The second-order valence-corrected chi connectivity index (χ2v) is 5.66. The molecule has 1 fully saturated rings. The molecule has 1 rings (SSSR count). The fourth-order valence-electron chi connectivity index (χ4n) is 2.00. The molecule has 1 aliphatic rings. The molecule has 18 heavy (non-hydrogen) atoms. The van der Waals surface area contributed by atoms with Crippen molar-refractivity contribution in [1.82, 2.24) is 10.2 Å². The van der Waals surface area contributed by atoms with E-state index in [2.05, 4.69) is 5.32 Å². The Morgan fingerprint density at radius 2 is 2.06 bits per heavy atom. The maximum Gasteiger partial charge on any atom is 0.410 e. The van der Waals surface area contributed by atoms with Gasteiger partial charge in [-0.05, 0) is 40.5 Å². The fraction of sp³-hybridized carbons (Fsp3) is 0.846. The molecule has 1 aliphatic heterocycles. The normalized spacial score (nSPS) is 20.4. The van der Waals surface area contributed by atoms with E-state index < -0.39 is 5.60 Å². The Bertz CT molecular complexity index is 310. The van der Waals surface area contributed by atoms with Crippen LogP contribution in [0.2, 0.25) is 0 Å². The zero-order chi connectivity index (χ0) is 13.8. The number of carbonyl (C=O) groups is 2. The molecule has 0 bridgehead atoms. The number of nitrogens with one attached hydrogen (secondary N) is 1. The minimum Gasteiger partial charge on any atom is -0.444 e. The van der Waals surface area contributed by atoms with E-state index in [9.17, 15) is 9.59 Å². The summed E-state index contributed by atoms with van der Waals surface area (Å²) in [6.07, 6.45) is 1.36. The number of carbonyl (C=O) groups excluding carboxylic acids is 2. The number of piperidine rings is 1. The number of hydrogen-bond donors (Lipinski definition) is 1. The molecule has 1 saturated heterocycles. The molecule has 1 N–H and O–H groups in total. The molecule has 1 atom stereocenters. The SMILES string of the molecule is CCNC(=O)C1CCCN(C(=O)OC(C)(C)C)C1. The van der Waals surface area contributed by atoms with Crippen LogP contribution in [0.25, 0.3) is 0 Å². The number of hydrogen-bond acceptors (Lipinski definition) is 3. The first-order valence-electron chi connectivity index (χ1n) is 6.59. The third-order valence-corrected chi connectivity index (χ3v) is 2.79. The van der Waals surface area contributed by atoms with E-state index in [-0.39, 0.29) is 17.9 Å². The third-order valence-electron chi connectivity index (χ3n) is 2.79. The highest BCUT2D eigenvalue weighted by atomic mass is 16.6. The van der Waals surface area contributed by atoms with Gasteiger partial charge in [0.1, 0.15) is 5.60 Å². The lowest BCUT2D eigenvalue weighted by atomic mass is 9.97. The van der Waals surface area contributed by atoms with Gasteiger partial charge in [0, 0.05) is 19.6 Å². The van der Waals surface area contributed by atoms with Crippen LogP contribution in [0, 0.1) is 5.92 Å². The van der Waals surface area contributed by atoms with Gasteiger partial charge in [-0.15, -0.1) is 0 Å². The van der Waals surface area contributed by atoms with Gasteiger partial charge in [-0.2, -0.15) is 0 Å². The van der Waals surface area contributed by atoms with E-state index in [0.717, 1.165) is 12.8 Å². The average molecular weight is 256 g/mol. The molecule has 1 unspecified atom stereocenters. The zero-order valence-corrected chi connectivity index (χ0v) is 11.8. The Hall–Kier alpha value is -1.26. The zero-order valence-electron chi connectivity index (χ0n) is 11.8. The molecule has 0 aliphatic carbocycles. The first-order chi connectivity index (χ1) is 8.33. The monoisotopic (exact) mass is 256 g/mol. The molecule has 104 valence electrons. The van der Waals surface area contributed by atoms with Crippen molar-refractivity contribution in [3.05, 3.63) is 0 Å². The van der Waals surface area contributed by atoms with Gasteiger partial charge >= 0.3 is 6.09 Å². The predicted octanol–water partition coefficient (Wildman–Crippen LogP) is 1.77. The predicted molar refractivity (Wildman–Crippen MR) is 69.2 cm³/mol. The van der Waals surface area contributed by atoms with Crippen molar-refractivity contribution >= 4 is 12.0 Å². The van der Waals surface area contributed by atoms with Crippen LogP contribution in [0.5, 0.6) is 0 Å². The summed E-state index contributed by atoms with van der Waals surface area (Å²) in [6.45, 7) is 9.18. The number of amides is 2. The Morgan fingerprint density at radius 1 is 1.39 bits per heavy atom. The van der Waals surface area contributed by atoms with Crippen LogP contribution in [0.3, 0.4) is 0 Å². The van der Waals surface area contributed by atoms with Gasteiger partial charge in [0.25, 0.3) is 0 Å². The van der Waals surface area contributed by atoms with Crippen molar-refractivity contribution < 1.29 is 14.3 Å². The van der Waals surface area contributed by atoms with Gasteiger partial charge in [0.2, 0.25) is 5.91 Å². The highest BCUT2D eigenvalue weighted by Crippen LogP contribution is 2.19. The van der Waals surface area contributed by atoms with Gasteiger partial charge < -0.3 is 15.0 Å². The first-order valence-corrected chi connectivity index (χ1v) is 6.59. The molecule has 2 amide bonds. The van der Waals surface area contributed by atoms with E-state index in [1.807, 2.05) is 27.7 Å². The molecule has 0 spiro atoms. The van der Waals surface area contributed by atoms with E-state index >= 15 is 0 Å². The molecule has 0 aromatic rings. The molecular formula is C13H24N2O3. The van der Waals surface area contributed by atoms with Crippen molar-refractivity contribution in [2.75, 3.05) is 19.6 Å². The summed E-state index contributed by atoms with van der Waals surface area (Å²) < 4.78 is 5.32. The van der Waals surface area contributed by atoms with Crippen LogP contribution in [-0.4, -0.2) is 42.1 Å². The second kappa shape index (κ2) is 6.07. The van der Waals surface area contributed by atoms with Crippen LogP contribution in [-0.2, 0) is 9.53 Å². The Labute approximate surface area is 109 Å². The van der Waals surface area contributed by atoms with Gasteiger partial charge in [-0.25, -0.2) is 4.79 Å². The van der Waals surface area contributed by atoms with Crippen LogP contribution in [0.4, 0.5) is 4.79 Å². The van der Waals surface area contributed by atoms with Crippen LogP contribution >= 0.6 is 0 Å². The van der Waals surface area contributed by atoms with E-state index in [1.165, 1.54) is 0 Å². The Morgan fingerprint density at radius 3 is 2.61 bits per heavy atom. The minimum atomic E-state index is -0.490. The van der Waals surface area contributed by atoms with Crippen molar-refractivity contribution in [2.45, 2.75) is 46.1 Å². The molecule has 5 heteroatoms. The summed E-state index contributed by atoms with van der Waals surface area (Å²) in [6, 6.07) is 0. The maximum atomic E-state index is 11.9. The molecule has 0 aromatic heterocycles. The summed E-state index contributed by atoms with van der Waals surface area (Å²) in [5.41, 5.74) is -0.490. The third kappa shape index (κ3) is 4.55. The van der Waals surface area contributed by atoms with Crippen molar-refractivity contribution in [3.63, 3.8) is 0 Å². The smallest absolute Gasteiger partial charge is 0.410 e. The largest absolute Gasteiger partial charge is 0.444 e. The van der Waals surface area contributed by atoms with Crippen LogP contribution in [0.15, 0.2) is 0 Å². The standard InChI is InChI=1S/C13H24N2O3/c1-5-14-11(16)10-7-6-8-15(9-10)12(17)18-13(2,3)4/h10H,5-9H2,1-4H3,(H,14,16). The Balaban J connectivity index is 2.53. The first kappa shape index (κ1) is 14.8. The molecular weight excluding hydrogens is 232 g/mol. The van der Waals surface area contributed by atoms with Gasteiger partial charge in [0.15, 0.2) is 0 Å². The lowest BCUT2D eigenvalue weighted by Gasteiger charge is -2.33. The molecule has 0 radical (unpaired) electrons. The van der Waals surface area contributed by atoms with E-state index in [0.29, 0.717) is 19.6 Å². The average Bonchev–Trinajstić information content (AvgIpc) is 2.27. The molecule has 5 nitrogen and oxygen atoms in total. The lowest BCUT2D eigenvalue weighted by molar-refractivity contribution is -0.126. The molecule has 0 saturated carbocycles. The number of rotatable bonds is 2. The number of likely N-dealkylation sites (tertiary alicyclic amines) is 1. The van der Waals surface area contributed by atoms with Gasteiger partial charge in [0.05, 0.1) is 5.92 Å². The van der Waals surface area contributed by atoms with E-state index in [1.54, 1.807) is 4.90 Å². The van der Waals surface area contributed by atoms with Crippen LogP contribution in [0.1, 0.15) is 40.5 Å². The quantitative estimate of drug-likeness (QED) is 0.819. The highest BCUT2D eigenvalue weighted by molar-refractivity contribution is 5.79. The molecule has 0 aromatic carbocycles. The van der Waals surface area contributed by atoms with Gasteiger partial charge in [-0.1, -0.05) is 0 Å². The Kier molecular flexibility index (Phi) is 4.99. The molecule has 1 heterocycles. The van der Waals surface area contributed by atoms with Crippen LogP contribution < -0.4 is 5.32 Å². The summed E-state index contributed by atoms with van der Waals surface area (Å²) >= 11 is 0. The summed E-state index contributed by atoms with van der Waals surface area (Å²) in [7, 11) is 0. The minimum absolute atomic E-state index is 0.0331. The topological polar surface area (TPSA) is 58.6 Å². The highest BCUT2D eigenvalue weighted by Gasteiger charge is 2.30. The fourth-order valence-corrected chi connectivity index (χ4v) is 2.00.